The molecule has 0 aliphatic carbocycles. The largest absolute Gasteiger partial charge is 0.328 e. The molecule has 7 nitrogen and oxygen atoms in total. The fourth-order valence-electron chi connectivity index (χ4n) is 4.87. The zero-order valence-corrected chi connectivity index (χ0v) is 18.9. The van der Waals surface area contributed by atoms with Gasteiger partial charge in [0, 0.05) is 32.4 Å². The first kappa shape index (κ1) is 20.5. The van der Waals surface area contributed by atoms with Crippen molar-refractivity contribution in [3.8, 4) is 0 Å². The second kappa shape index (κ2) is 7.97. The van der Waals surface area contributed by atoms with Crippen LogP contribution in [0.15, 0.2) is 53.5 Å². The Morgan fingerprint density at radius 3 is 2.53 bits per heavy atom. The van der Waals surface area contributed by atoms with Gasteiger partial charge in [0.25, 0.3) is 5.91 Å². The van der Waals surface area contributed by atoms with Crippen molar-refractivity contribution < 1.29 is 9.59 Å². The standard InChI is InChI=1S/C25H29N5O2/c1-17-11-12-20(16-18(17)2)28-14-15-29-21-22(26-24(28)29)27(3)25(32)30(23(21)31)13-7-10-19-8-5-4-6-9-19/h4-6,8-9,11-12,16,21-22H,7,10,13-15H2,1-3H3. The normalized spacial score (nSPS) is 22.4. The molecule has 32 heavy (non-hydrogen) atoms. The number of aryl methyl sites for hydroxylation is 3. The summed E-state index contributed by atoms with van der Waals surface area (Å²) in [6.07, 6.45) is 1.11. The maximum atomic E-state index is 13.4. The van der Waals surface area contributed by atoms with Crippen molar-refractivity contribution in [2.24, 2.45) is 4.99 Å². The Hall–Kier alpha value is -3.35. The van der Waals surface area contributed by atoms with Crippen LogP contribution in [0.5, 0.6) is 0 Å². The van der Waals surface area contributed by atoms with Crippen LogP contribution in [0.3, 0.4) is 0 Å². The van der Waals surface area contributed by atoms with Crippen LogP contribution in [-0.4, -0.2) is 71.5 Å². The van der Waals surface area contributed by atoms with E-state index in [0.717, 1.165) is 37.6 Å². The summed E-state index contributed by atoms with van der Waals surface area (Å²) in [5.41, 5.74) is 4.77. The van der Waals surface area contributed by atoms with E-state index in [1.165, 1.54) is 21.6 Å². The van der Waals surface area contributed by atoms with E-state index in [1.807, 2.05) is 18.2 Å². The van der Waals surface area contributed by atoms with E-state index in [1.54, 1.807) is 11.9 Å². The van der Waals surface area contributed by atoms with Gasteiger partial charge in [0.05, 0.1) is 0 Å². The summed E-state index contributed by atoms with van der Waals surface area (Å²) < 4.78 is 0. The SMILES string of the molecule is Cc1ccc(N2CCN3C2=NC2C3C(=O)N(CCCc3ccccc3)C(=O)N2C)cc1C. The van der Waals surface area contributed by atoms with Gasteiger partial charge in [0.1, 0.15) is 0 Å². The number of aliphatic imine (C=N–C) groups is 1. The molecule has 0 radical (unpaired) electrons. The van der Waals surface area contributed by atoms with Crippen LogP contribution in [0.4, 0.5) is 10.5 Å². The van der Waals surface area contributed by atoms with Crippen molar-refractivity contribution in [3.05, 3.63) is 65.2 Å². The number of likely N-dealkylation sites (N-methyl/N-ethyl adjacent to an activating group) is 1. The molecule has 2 aromatic carbocycles. The molecule has 2 saturated heterocycles. The number of imide groups is 1. The highest BCUT2D eigenvalue weighted by atomic mass is 16.2. The van der Waals surface area contributed by atoms with Crippen molar-refractivity contribution in [1.82, 2.24) is 14.7 Å². The number of benzene rings is 2. The molecule has 3 aliphatic rings. The lowest BCUT2D eigenvalue weighted by Gasteiger charge is -2.40. The zero-order valence-electron chi connectivity index (χ0n) is 18.9. The Bertz CT molecular complexity index is 1080. The highest BCUT2D eigenvalue weighted by Crippen LogP contribution is 2.33. The fraction of sp³-hybridized carbons (Fsp3) is 0.400. The van der Waals surface area contributed by atoms with Gasteiger partial charge in [-0.2, -0.15) is 0 Å². The second-order valence-corrected chi connectivity index (χ2v) is 8.87. The number of fused-ring (bicyclic) bond motifs is 3. The molecule has 5 rings (SSSR count). The Morgan fingerprint density at radius 2 is 1.78 bits per heavy atom. The van der Waals surface area contributed by atoms with E-state index in [2.05, 4.69) is 54.0 Å². The first-order valence-electron chi connectivity index (χ1n) is 11.3. The summed E-state index contributed by atoms with van der Waals surface area (Å²) >= 11 is 0. The minimum absolute atomic E-state index is 0.133. The Balaban J connectivity index is 1.34. The van der Waals surface area contributed by atoms with E-state index >= 15 is 0 Å². The second-order valence-electron chi connectivity index (χ2n) is 8.87. The van der Waals surface area contributed by atoms with E-state index in [9.17, 15) is 9.59 Å². The monoisotopic (exact) mass is 431 g/mol. The van der Waals surface area contributed by atoms with Gasteiger partial charge in [0.15, 0.2) is 12.2 Å². The number of rotatable bonds is 5. The van der Waals surface area contributed by atoms with E-state index in [0.29, 0.717) is 6.54 Å². The number of nitrogens with zero attached hydrogens (tertiary/aromatic N) is 5. The molecule has 2 atom stereocenters. The molecule has 2 aromatic rings. The highest BCUT2D eigenvalue weighted by Gasteiger charge is 2.54. The molecule has 7 heteroatoms. The number of carbonyl (C=O) groups is 2. The third-order valence-electron chi connectivity index (χ3n) is 6.87. The van der Waals surface area contributed by atoms with Crippen LogP contribution < -0.4 is 4.90 Å². The number of amides is 3. The molecular formula is C25H29N5O2. The maximum absolute atomic E-state index is 13.4. The van der Waals surface area contributed by atoms with Gasteiger partial charge in [-0.15, -0.1) is 0 Å². The quantitative estimate of drug-likeness (QED) is 0.730. The molecule has 166 valence electrons. The minimum atomic E-state index is -0.468. The molecule has 3 amide bonds. The number of carbonyl (C=O) groups excluding carboxylic acids is 2. The average Bonchev–Trinajstić information content (AvgIpc) is 3.37. The molecule has 0 N–H and O–H groups in total. The summed E-state index contributed by atoms with van der Waals surface area (Å²) in [5, 5.41) is 0. The fourth-order valence-corrected chi connectivity index (χ4v) is 4.87. The third-order valence-corrected chi connectivity index (χ3v) is 6.87. The average molecular weight is 432 g/mol. The Kier molecular flexibility index (Phi) is 5.12. The van der Waals surface area contributed by atoms with E-state index in [4.69, 9.17) is 4.99 Å². The Labute approximate surface area is 188 Å². The van der Waals surface area contributed by atoms with E-state index in [-0.39, 0.29) is 11.9 Å². The van der Waals surface area contributed by atoms with Gasteiger partial charge in [-0.25, -0.2) is 9.79 Å². The van der Waals surface area contributed by atoms with E-state index < -0.39 is 12.2 Å². The molecule has 3 heterocycles. The lowest BCUT2D eigenvalue weighted by atomic mass is 10.1. The van der Waals surface area contributed by atoms with Crippen LogP contribution in [-0.2, 0) is 11.2 Å². The van der Waals surface area contributed by atoms with Gasteiger partial charge < -0.3 is 14.7 Å². The smallest absolute Gasteiger partial charge is 0.325 e. The van der Waals surface area contributed by atoms with Crippen molar-refractivity contribution in [3.63, 3.8) is 0 Å². The summed E-state index contributed by atoms with van der Waals surface area (Å²) in [6.45, 7) is 6.13. The maximum Gasteiger partial charge on any atom is 0.328 e. The number of hydrogen-bond donors (Lipinski definition) is 0. The predicted molar refractivity (Wildman–Crippen MR) is 125 cm³/mol. The van der Waals surface area contributed by atoms with Crippen molar-refractivity contribution in [2.75, 3.05) is 31.6 Å². The molecule has 2 fully saturated rings. The first-order valence-corrected chi connectivity index (χ1v) is 11.3. The van der Waals surface area contributed by atoms with Crippen LogP contribution >= 0.6 is 0 Å². The summed E-state index contributed by atoms with van der Waals surface area (Å²) in [5.74, 6) is 0.661. The Morgan fingerprint density at radius 1 is 1.00 bits per heavy atom. The topological polar surface area (TPSA) is 59.5 Å². The highest BCUT2D eigenvalue weighted by molar-refractivity contribution is 6.08. The molecule has 0 saturated carbocycles. The van der Waals surface area contributed by atoms with Gasteiger partial charge in [-0.1, -0.05) is 36.4 Å². The van der Waals surface area contributed by atoms with Crippen LogP contribution in [0, 0.1) is 13.8 Å². The third kappa shape index (κ3) is 3.32. The number of guanidine groups is 1. The van der Waals surface area contributed by atoms with Crippen LogP contribution in [0.2, 0.25) is 0 Å². The molecule has 0 bridgehead atoms. The van der Waals surface area contributed by atoms with Crippen molar-refractivity contribution >= 4 is 23.6 Å². The zero-order chi connectivity index (χ0) is 22.4. The molecule has 0 spiro atoms. The molecule has 0 aromatic heterocycles. The summed E-state index contributed by atoms with van der Waals surface area (Å²) in [6, 6.07) is 15.8. The van der Waals surface area contributed by atoms with Crippen molar-refractivity contribution in [1.29, 1.82) is 0 Å². The van der Waals surface area contributed by atoms with Gasteiger partial charge in [0.2, 0.25) is 5.96 Å². The molecular weight excluding hydrogens is 402 g/mol. The van der Waals surface area contributed by atoms with Crippen LogP contribution in [0.1, 0.15) is 23.1 Å². The number of hydrogen-bond acceptors (Lipinski definition) is 5. The number of urea groups is 1. The first-order chi connectivity index (χ1) is 15.5. The van der Waals surface area contributed by atoms with Gasteiger partial charge in [-0.05, 0) is 55.5 Å². The van der Waals surface area contributed by atoms with Crippen LogP contribution in [0.25, 0.3) is 0 Å². The summed E-state index contributed by atoms with van der Waals surface area (Å²) in [7, 11) is 1.75. The predicted octanol–water partition coefficient (Wildman–Crippen LogP) is 3.02. The number of anilines is 1. The minimum Gasteiger partial charge on any atom is -0.325 e. The van der Waals surface area contributed by atoms with Gasteiger partial charge >= 0.3 is 6.03 Å². The molecule has 2 unspecified atom stereocenters. The lowest BCUT2D eigenvalue weighted by molar-refractivity contribution is -0.137. The van der Waals surface area contributed by atoms with Gasteiger partial charge in [-0.3, -0.25) is 9.69 Å². The summed E-state index contributed by atoms with van der Waals surface area (Å²) in [4.78, 5) is 38.6. The molecule has 3 aliphatic heterocycles. The lowest BCUT2D eigenvalue weighted by Crippen LogP contribution is -2.64. The van der Waals surface area contributed by atoms with Crippen molar-refractivity contribution in [2.45, 2.75) is 38.9 Å².